The Morgan fingerprint density at radius 1 is 1.16 bits per heavy atom. The van der Waals surface area contributed by atoms with Gasteiger partial charge in [-0.05, 0) is 25.0 Å². The van der Waals surface area contributed by atoms with E-state index in [1.165, 1.54) is 11.1 Å². The molecule has 2 heterocycles. The lowest BCUT2D eigenvalue weighted by atomic mass is 10.1. The Bertz CT molecular complexity index is 708. The minimum atomic E-state index is -0.236. The molecule has 0 aliphatic carbocycles. The van der Waals surface area contributed by atoms with E-state index in [1.807, 2.05) is 19.1 Å². The van der Waals surface area contributed by atoms with Crippen LogP contribution >= 0.6 is 0 Å². The second kappa shape index (κ2) is 8.11. The summed E-state index contributed by atoms with van der Waals surface area (Å²) in [5, 5.41) is 8.31. The highest BCUT2D eigenvalue weighted by Crippen LogP contribution is 2.14. The molecule has 0 spiro atoms. The molecule has 1 aromatic heterocycles. The number of carbonyl (C=O) groups is 1. The summed E-state index contributed by atoms with van der Waals surface area (Å²) in [5.74, 6) is 1.25. The average molecular weight is 344 g/mol. The molecule has 0 N–H and O–H groups in total. The molecule has 1 aliphatic heterocycles. The Kier molecular flexibility index (Phi) is 5.65. The van der Waals surface area contributed by atoms with Gasteiger partial charge in [-0.15, -0.1) is 10.2 Å². The molecule has 0 atom stereocenters. The molecule has 1 aromatic carbocycles. The van der Waals surface area contributed by atoms with Crippen molar-refractivity contribution < 1.29 is 13.9 Å². The van der Waals surface area contributed by atoms with Crippen molar-refractivity contribution in [2.45, 2.75) is 26.8 Å². The molecule has 7 nitrogen and oxygen atoms in total. The Morgan fingerprint density at radius 2 is 1.88 bits per heavy atom. The largest absolute Gasteiger partial charge is 0.450 e. The fraction of sp³-hybridized carbons (Fsp3) is 0.500. The lowest BCUT2D eigenvalue weighted by molar-refractivity contribution is 0.0754. The zero-order valence-corrected chi connectivity index (χ0v) is 14.8. The predicted octanol–water partition coefficient (Wildman–Crippen LogP) is 2.24. The molecular formula is C18H24N4O3. The SMILES string of the molecule is CCOC(=O)N1CCN(Cc2nnc(Cc3ccccc3C)o2)CC1. The van der Waals surface area contributed by atoms with Crippen LogP contribution in [0.15, 0.2) is 28.7 Å². The van der Waals surface area contributed by atoms with Crippen LogP contribution < -0.4 is 0 Å². The van der Waals surface area contributed by atoms with Gasteiger partial charge in [0.2, 0.25) is 11.8 Å². The van der Waals surface area contributed by atoms with Crippen LogP contribution in [0.4, 0.5) is 4.79 Å². The van der Waals surface area contributed by atoms with Crippen LogP contribution in [0.5, 0.6) is 0 Å². The molecule has 0 radical (unpaired) electrons. The highest BCUT2D eigenvalue weighted by Gasteiger charge is 2.23. The number of piperazine rings is 1. The number of aromatic nitrogens is 2. The third kappa shape index (κ3) is 4.57. The van der Waals surface area contributed by atoms with Gasteiger partial charge in [0.05, 0.1) is 19.6 Å². The van der Waals surface area contributed by atoms with E-state index in [2.05, 4.69) is 34.2 Å². The van der Waals surface area contributed by atoms with Crippen molar-refractivity contribution in [2.24, 2.45) is 0 Å². The zero-order chi connectivity index (χ0) is 17.6. The van der Waals surface area contributed by atoms with Crippen molar-refractivity contribution in [3.63, 3.8) is 0 Å². The average Bonchev–Trinajstić information content (AvgIpc) is 3.05. The first-order valence-corrected chi connectivity index (χ1v) is 8.65. The fourth-order valence-electron chi connectivity index (χ4n) is 2.89. The topological polar surface area (TPSA) is 71.7 Å². The van der Waals surface area contributed by atoms with Gasteiger partial charge in [-0.2, -0.15) is 0 Å². The van der Waals surface area contributed by atoms with E-state index in [1.54, 1.807) is 4.90 Å². The van der Waals surface area contributed by atoms with E-state index in [4.69, 9.17) is 9.15 Å². The first-order valence-electron chi connectivity index (χ1n) is 8.65. The normalized spacial score (nSPS) is 15.4. The Morgan fingerprint density at radius 3 is 2.60 bits per heavy atom. The van der Waals surface area contributed by atoms with Gasteiger partial charge < -0.3 is 14.1 Å². The van der Waals surface area contributed by atoms with Crippen molar-refractivity contribution in [3.05, 3.63) is 47.2 Å². The van der Waals surface area contributed by atoms with Crippen LogP contribution in [-0.4, -0.2) is 58.9 Å². The maximum absolute atomic E-state index is 11.7. The minimum Gasteiger partial charge on any atom is -0.450 e. The van der Waals surface area contributed by atoms with E-state index in [0.29, 0.717) is 44.4 Å². The third-order valence-electron chi connectivity index (χ3n) is 4.37. The molecule has 0 unspecified atom stereocenters. The number of benzene rings is 1. The molecule has 2 aromatic rings. The van der Waals surface area contributed by atoms with Gasteiger partial charge in [-0.3, -0.25) is 4.90 Å². The molecule has 1 fully saturated rings. The van der Waals surface area contributed by atoms with Crippen LogP contribution in [0.3, 0.4) is 0 Å². The number of aryl methyl sites for hydroxylation is 1. The zero-order valence-electron chi connectivity index (χ0n) is 14.8. The molecule has 1 amide bonds. The summed E-state index contributed by atoms with van der Waals surface area (Å²) in [6, 6.07) is 8.19. The molecule has 134 valence electrons. The van der Waals surface area contributed by atoms with E-state index in [9.17, 15) is 4.79 Å². The van der Waals surface area contributed by atoms with E-state index >= 15 is 0 Å². The molecule has 25 heavy (non-hydrogen) atoms. The van der Waals surface area contributed by atoms with Crippen LogP contribution in [0.1, 0.15) is 29.8 Å². The highest BCUT2D eigenvalue weighted by molar-refractivity contribution is 5.67. The van der Waals surface area contributed by atoms with Gasteiger partial charge >= 0.3 is 6.09 Å². The van der Waals surface area contributed by atoms with Crippen molar-refractivity contribution >= 4 is 6.09 Å². The number of rotatable bonds is 5. The minimum absolute atomic E-state index is 0.236. The molecule has 1 saturated heterocycles. The van der Waals surface area contributed by atoms with Crippen molar-refractivity contribution in [1.82, 2.24) is 20.0 Å². The maximum Gasteiger partial charge on any atom is 0.409 e. The van der Waals surface area contributed by atoms with E-state index in [0.717, 1.165) is 13.1 Å². The van der Waals surface area contributed by atoms with E-state index in [-0.39, 0.29) is 6.09 Å². The lowest BCUT2D eigenvalue weighted by Crippen LogP contribution is -2.48. The Hall–Kier alpha value is -2.41. The van der Waals surface area contributed by atoms with Crippen LogP contribution in [0, 0.1) is 6.92 Å². The van der Waals surface area contributed by atoms with Crippen molar-refractivity contribution in [1.29, 1.82) is 0 Å². The second-order valence-corrected chi connectivity index (χ2v) is 6.15. The van der Waals surface area contributed by atoms with Gasteiger partial charge in [0.1, 0.15) is 0 Å². The monoisotopic (exact) mass is 344 g/mol. The highest BCUT2D eigenvalue weighted by atomic mass is 16.6. The number of carbonyl (C=O) groups excluding carboxylic acids is 1. The number of ether oxygens (including phenoxy) is 1. The maximum atomic E-state index is 11.7. The van der Waals surface area contributed by atoms with E-state index < -0.39 is 0 Å². The quantitative estimate of drug-likeness (QED) is 0.828. The van der Waals surface area contributed by atoms with Gasteiger partial charge in [-0.25, -0.2) is 4.79 Å². The summed E-state index contributed by atoms with van der Waals surface area (Å²) in [5.41, 5.74) is 2.41. The van der Waals surface area contributed by atoms with Gasteiger partial charge in [0.25, 0.3) is 0 Å². The molecule has 7 heteroatoms. The summed E-state index contributed by atoms with van der Waals surface area (Å²) in [6.45, 7) is 7.77. The van der Waals surface area contributed by atoms with Gasteiger partial charge in [0.15, 0.2) is 0 Å². The summed E-state index contributed by atoms with van der Waals surface area (Å²) >= 11 is 0. The number of amides is 1. The molecule has 0 bridgehead atoms. The predicted molar refractivity (Wildman–Crippen MR) is 92.2 cm³/mol. The Balaban J connectivity index is 1.51. The molecule has 1 aliphatic rings. The summed E-state index contributed by atoms with van der Waals surface area (Å²) in [4.78, 5) is 15.7. The first kappa shape index (κ1) is 17.4. The van der Waals surface area contributed by atoms with Crippen molar-refractivity contribution in [2.75, 3.05) is 32.8 Å². The number of nitrogens with zero attached hydrogens (tertiary/aromatic N) is 4. The molecule has 0 saturated carbocycles. The summed E-state index contributed by atoms with van der Waals surface area (Å²) in [7, 11) is 0. The first-order chi connectivity index (χ1) is 12.2. The second-order valence-electron chi connectivity index (χ2n) is 6.15. The van der Waals surface area contributed by atoms with Gasteiger partial charge in [-0.1, -0.05) is 24.3 Å². The lowest BCUT2D eigenvalue weighted by Gasteiger charge is -2.33. The number of hydrogen-bond acceptors (Lipinski definition) is 6. The van der Waals surface area contributed by atoms with Crippen LogP contribution in [0.2, 0.25) is 0 Å². The van der Waals surface area contributed by atoms with Crippen molar-refractivity contribution in [3.8, 4) is 0 Å². The van der Waals surface area contributed by atoms with Gasteiger partial charge in [0, 0.05) is 26.2 Å². The summed E-state index contributed by atoms with van der Waals surface area (Å²) in [6.07, 6.45) is 0.413. The third-order valence-corrected chi connectivity index (χ3v) is 4.37. The summed E-state index contributed by atoms with van der Waals surface area (Å²) < 4.78 is 10.8. The Labute approximate surface area is 147 Å². The van der Waals surface area contributed by atoms with Crippen LogP contribution in [0.25, 0.3) is 0 Å². The molecule has 3 rings (SSSR count). The standard InChI is InChI=1S/C18H24N4O3/c1-3-24-18(23)22-10-8-21(9-11-22)13-17-20-19-16(25-17)12-15-7-5-4-6-14(15)2/h4-7H,3,8-13H2,1-2H3. The smallest absolute Gasteiger partial charge is 0.409 e. The molecular weight excluding hydrogens is 320 g/mol. The number of hydrogen-bond donors (Lipinski definition) is 0. The van der Waals surface area contributed by atoms with Crippen LogP contribution in [-0.2, 0) is 17.7 Å². The fourth-order valence-corrected chi connectivity index (χ4v) is 2.89.